The predicted molar refractivity (Wildman–Crippen MR) is 133 cm³/mol. The minimum absolute atomic E-state index is 0.0420. The topological polar surface area (TPSA) is 57.5 Å². The highest BCUT2D eigenvalue weighted by Crippen LogP contribution is 2.75. The van der Waals surface area contributed by atoms with Gasteiger partial charge in [-0.1, -0.05) is 66.5 Å². The third-order valence-corrected chi connectivity index (χ3v) is 13.2. The Kier molecular flexibility index (Phi) is 5.31. The van der Waals surface area contributed by atoms with Gasteiger partial charge in [0.15, 0.2) is 0 Å². The first-order chi connectivity index (χ1) is 15.3. The standard InChI is InChI=1S/C30H48O3/c1-17-8-9-19-20(26(32)33)16-30(7)21(25(19)18(17)2)10-11-23-28(5)14-13-24(31)27(3,4)22(28)12-15-29(23,30)6/h10,17-20,22-25,31H,8-9,11-16H2,1-7H3,(H,32,33)/t17-,18+,19+,20+,22+,23-,24+,25-,28+,29-,30-/m1/s1. The number of rotatable bonds is 1. The summed E-state index contributed by atoms with van der Waals surface area (Å²) >= 11 is 0. The summed E-state index contributed by atoms with van der Waals surface area (Å²) in [6, 6.07) is 0. The Bertz CT molecular complexity index is 859. The molecule has 186 valence electrons. The molecule has 0 amide bonds. The SMILES string of the molecule is C[C@@H]1[C@H]2C3=CC[C@@H]4[C@@]5(C)CC[C@H](O)C(C)(C)[C@@H]5CC[C@@]4(C)[C@]3(C)C[C@H](C(=O)O)[C@@H]2CC[C@H]1C. The molecule has 5 rings (SSSR count). The predicted octanol–water partition coefficient (Wildman–Crippen LogP) is 6.95. The summed E-state index contributed by atoms with van der Waals surface area (Å²) in [5.41, 5.74) is 1.88. The van der Waals surface area contributed by atoms with Crippen LogP contribution in [0.1, 0.15) is 99.8 Å². The molecule has 0 bridgehead atoms. The van der Waals surface area contributed by atoms with Gasteiger partial charge in [-0.2, -0.15) is 0 Å². The minimum atomic E-state index is -0.556. The van der Waals surface area contributed by atoms with E-state index in [4.69, 9.17) is 0 Å². The molecule has 4 fully saturated rings. The molecule has 0 aromatic carbocycles. The molecular formula is C30H48O3. The summed E-state index contributed by atoms with van der Waals surface area (Å²) < 4.78 is 0. The van der Waals surface area contributed by atoms with Gasteiger partial charge in [0.25, 0.3) is 0 Å². The second kappa shape index (κ2) is 7.34. The van der Waals surface area contributed by atoms with Crippen LogP contribution in [-0.4, -0.2) is 22.3 Å². The van der Waals surface area contributed by atoms with Gasteiger partial charge in [0.05, 0.1) is 12.0 Å². The number of carboxylic acid groups (broad SMARTS) is 1. The van der Waals surface area contributed by atoms with Gasteiger partial charge >= 0.3 is 5.97 Å². The molecule has 0 aliphatic heterocycles. The summed E-state index contributed by atoms with van der Waals surface area (Å²) in [6.07, 6.45) is 11.0. The lowest BCUT2D eigenvalue weighted by molar-refractivity contribution is -0.205. The zero-order valence-electron chi connectivity index (χ0n) is 22.2. The number of fused-ring (bicyclic) bond motifs is 7. The lowest BCUT2D eigenvalue weighted by Gasteiger charge is -2.71. The van der Waals surface area contributed by atoms with Crippen LogP contribution >= 0.6 is 0 Å². The quantitative estimate of drug-likeness (QED) is 0.420. The van der Waals surface area contributed by atoms with Crippen molar-refractivity contribution in [1.29, 1.82) is 0 Å². The zero-order chi connectivity index (χ0) is 24.1. The molecule has 5 aliphatic carbocycles. The van der Waals surface area contributed by atoms with E-state index in [2.05, 4.69) is 54.5 Å². The largest absolute Gasteiger partial charge is 0.481 e. The van der Waals surface area contributed by atoms with Crippen molar-refractivity contribution in [3.8, 4) is 0 Å². The van der Waals surface area contributed by atoms with E-state index in [0.29, 0.717) is 35.5 Å². The van der Waals surface area contributed by atoms with Crippen molar-refractivity contribution in [3.05, 3.63) is 11.6 Å². The molecule has 0 aromatic heterocycles. The summed E-state index contributed by atoms with van der Waals surface area (Å²) in [5, 5.41) is 21.3. The molecule has 0 saturated heterocycles. The van der Waals surface area contributed by atoms with Crippen molar-refractivity contribution >= 4 is 5.97 Å². The number of aliphatic carboxylic acids is 1. The second-order valence-electron chi connectivity index (χ2n) is 14.4. The monoisotopic (exact) mass is 456 g/mol. The smallest absolute Gasteiger partial charge is 0.306 e. The number of aliphatic hydroxyl groups is 1. The van der Waals surface area contributed by atoms with Crippen molar-refractivity contribution < 1.29 is 15.0 Å². The Labute approximate surface area is 201 Å². The van der Waals surface area contributed by atoms with Crippen LogP contribution in [0.15, 0.2) is 11.6 Å². The number of hydrogen-bond donors (Lipinski definition) is 2. The Hall–Kier alpha value is -0.830. The van der Waals surface area contributed by atoms with E-state index >= 15 is 0 Å². The summed E-state index contributed by atoms with van der Waals surface area (Å²) in [4.78, 5) is 12.6. The van der Waals surface area contributed by atoms with Gasteiger partial charge in [-0.05, 0) is 102 Å². The van der Waals surface area contributed by atoms with Crippen LogP contribution in [0.2, 0.25) is 0 Å². The maximum absolute atomic E-state index is 12.6. The van der Waals surface area contributed by atoms with Crippen LogP contribution in [0.5, 0.6) is 0 Å². The van der Waals surface area contributed by atoms with Crippen molar-refractivity contribution in [2.75, 3.05) is 0 Å². The molecule has 2 N–H and O–H groups in total. The van der Waals surface area contributed by atoms with Gasteiger partial charge in [-0.25, -0.2) is 0 Å². The van der Waals surface area contributed by atoms with Crippen LogP contribution in [0.3, 0.4) is 0 Å². The zero-order valence-corrected chi connectivity index (χ0v) is 22.2. The minimum Gasteiger partial charge on any atom is -0.481 e. The maximum atomic E-state index is 12.6. The van der Waals surface area contributed by atoms with Gasteiger partial charge in [0, 0.05) is 0 Å². The first kappa shape index (κ1) is 23.9. The fourth-order valence-corrected chi connectivity index (χ4v) is 10.9. The highest BCUT2D eigenvalue weighted by Gasteiger charge is 2.68. The van der Waals surface area contributed by atoms with E-state index in [0.717, 1.165) is 44.9 Å². The van der Waals surface area contributed by atoms with Crippen LogP contribution in [0.25, 0.3) is 0 Å². The van der Waals surface area contributed by atoms with Crippen molar-refractivity contribution in [2.45, 2.75) is 106 Å². The van der Waals surface area contributed by atoms with Gasteiger partial charge in [-0.3, -0.25) is 4.79 Å². The van der Waals surface area contributed by atoms with Crippen molar-refractivity contribution in [2.24, 2.45) is 63.1 Å². The van der Waals surface area contributed by atoms with Gasteiger partial charge in [0.2, 0.25) is 0 Å². The molecule has 0 radical (unpaired) electrons. The normalized spacial score (nSPS) is 55.3. The van der Waals surface area contributed by atoms with Crippen molar-refractivity contribution in [1.82, 2.24) is 0 Å². The molecular weight excluding hydrogens is 408 g/mol. The van der Waals surface area contributed by atoms with Crippen LogP contribution < -0.4 is 0 Å². The molecule has 11 atom stereocenters. The number of allylic oxidation sites excluding steroid dienone is 2. The molecule has 0 aromatic rings. The Balaban J connectivity index is 1.62. The van der Waals surface area contributed by atoms with Crippen LogP contribution in [0, 0.1) is 63.1 Å². The van der Waals surface area contributed by atoms with E-state index in [1.54, 1.807) is 5.57 Å². The molecule has 0 spiro atoms. The molecule has 0 heterocycles. The Morgan fingerprint density at radius 2 is 1.67 bits per heavy atom. The number of hydrogen-bond acceptors (Lipinski definition) is 2. The first-order valence-electron chi connectivity index (χ1n) is 13.9. The van der Waals surface area contributed by atoms with Crippen LogP contribution in [-0.2, 0) is 4.79 Å². The maximum Gasteiger partial charge on any atom is 0.306 e. The van der Waals surface area contributed by atoms with E-state index in [1.165, 1.54) is 6.42 Å². The molecule has 3 nitrogen and oxygen atoms in total. The third kappa shape index (κ3) is 2.93. The fraction of sp³-hybridized carbons (Fsp3) is 0.900. The van der Waals surface area contributed by atoms with Gasteiger partial charge in [0.1, 0.15) is 0 Å². The lowest BCUT2D eigenvalue weighted by atomic mass is 9.33. The average Bonchev–Trinajstić information content (AvgIpc) is 2.73. The van der Waals surface area contributed by atoms with E-state index < -0.39 is 5.97 Å². The molecule has 0 unspecified atom stereocenters. The number of carboxylic acids is 1. The number of aliphatic hydroxyl groups excluding tert-OH is 1. The van der Waals surface area contributed by atoms with Gasteiger partial charge < -0.3 is 10.2 Å². The van der Waals surface area contributed by atoms with Crippen molar-refractivity contribution in [3.63, 3.8) is 0 Å². The number of carbonyl (C=O) groups is 1. The first-order valence-corrected chi connectivity index (χ1v) is 13.9. The fourth-order valence-electron chi connectivity index (χ4n) is 10.9. The average molecular weight is 457 g/mol. The molecule has 5 aliphatic rings. The van der Waals surface area contributed by atoms with E-state index in [9.17, 15) is 15.0 Å². The van der Waals surface area contributed by atoms with Crippen LogP contribution in [0.4, 0.5) is 0 Å². The molecule has 33 heavy (non-hydrogen) atoms. The van der Waals surface area contributed by atoms with E-state index in [-0.39, 0.29) is 33.7 Å². The Morgan fingerprint density at radius 3 is 2.33 bits per heavy atom. The summed E-state index contributed by atoms with van der Waals surface area (Å²) in [6.45, 7) is 16.9. The second-order valence-corrected chi connectivity index (χ2v) is 14.4. The summed E-state index contributed by atoms with van der Waals surface area (Å²) in [7, 11) is 0. The highest BCUT2D eigenvalue weighted by atomic mass is 16.4. The van der Waals surface area contributed by atoms with E-state index in [1.807, 2.05) is 0 Å². The third-order valence-electron chi connectivity index (χ3n) is 13.2. The highest BCUT2D eigenvalue weighted by molar-refractivity contribution is 5.71. The summed E-state index contributed by atoms with van der Waals surface area (Å²) in [5.74, 6) is 2.30. The van der Waals surface area contributed by atoms with Gasteiger partial charge in [-0.15, -0.1) is 0 Å². The Morgan fingerprint density at radius 1 is 0.970 bits per heavy atom. The molecule has 3 heteroatoms. The lowest BCUT2D eigenvalue weighted by Crippen LogP contribution is -2.65. The molecule has 4 saturated carbocycles.